The number of nitrogens with zero attached hydrogens (tertiary/aromatic N) is 4. The number of aromatic nitrogens is 3. The molecule has 1 atom stereocenters. The normalized spacial score (nSPS) is 13.0. The Labute approximate surface area is 150 Å². The van der Waals surface area contributed by atoms with Crippen molar-refractivity contribution < 1.29 is 5.11 Å². The summed E-state index contributed by atoms with van der Waals surface area (Å²) in [6.07, 6.45) is 0.859. The minimum atomic E-state index is -0.764. The fraction of sp³-hybridized carbons (Fsp3) is 0.400. The van der Waals surface area contributed by atoms with E-state index in [1.807, 2.05) is 14.0 Å². The van der Waals surface area contributed by atoms with Crippen LogP contribution in [0.25, 0.3) is 0 Å². The van der Waals surface area contributed by atoms with Crippen LogP contribution in [0.2, 0.25) is 10.0 Å². The smallest absolute Gasteiger partial charge is 0.191 e. The minimum absolute atomic E-state index is 0.265. The Morgan fingerprint density at radius 1 is 1.29 bits per heavy atom. The molecule has 2 rings (SSSR count). The Bertz CT molecular complexity index is 683. The maximum atomic E-state index is 10.3. The molecule has 1 unspecified atom stereocenters. The Kier molecular flexibility index (Phi) is 6.84. The zero-order valence-electron chi connectivity index (χ0n) is 13.5. The van der Waals surface area contributed by atoms with Crippen LogP contribution in [0.15, 0.2) is 29.5 Å². The van der Waals surface area contributed by atoms with E-state index in [4.69, 9.17) is 23.2 Å². The highest BCUT2D eigenvalue weighted by molar-refractivity contribution is 6.34. The third-order valence-corrected chi connectivity index (χ3v) is 3.70. The predicted molar refractivity (Wildman–Crippen MR) is 95.2 cm³/mol. The fourth-order valence-electron chi connectivity index (χ4n) is 2.02. The lowest BCUT2D eigenvalue weighted by Gasteiger charge is -2.16. The van der Waals surface area contributed by atoms with E-state index in [1.54, 1.807) is 29.1 Å². The second-order valence-electron chi connectivity index (χ2n) is 5.15. The minimum Gasteiger partial charge on any atom is -0.387 e. The zero-order chi connectivity index (χ0) is 17.5. The van der Waals surface area contributed by atoms with Crippen LogP contribution in [0.3, 0.4) is 0 Å². The quantitative estimate of drug-likeness (QED) is 0.533. The molecular formula is C15H20Cl2N6O. The Morgan fingerprint density at radius 3 is 2.58 bits per heavy atom. The number of hydrogen-bond donors (Lipinski definition) is 3. The van der Waals surface area contributed by atoms with Crippen LogP contribution in [0.4, 0.5) is 0 Å². The predicted octanol–water partition coefficient (Wildman–Crippen LogP) is 1.91. The highest BCUT2D eigenvalue weighted by Gasteiger charge is 2.10. The van der Waals surface area contributed by atoms with Crippen LogP contribution in [-0.4, -0.2) is 38.9 Å². The highest BCUT2D eigenvalue weighted by atomic mass is 35.5. The van der Waals surface area contributed by atoms with Gasteiger partial charge in [-0.3, -0.25) is 0 Å². The first-order chi connectivity index (χ1) is 11.5. The van der Waals surface area contributed by atoms with E-state index < -0.39 is 6.10 Å². The average Bonchev–Trinajstić information content (AvgIpc) is 2.94. The maximum Gasteiger partial charge on any atom is 0.191 e. The van der Waals surface area contributed by atoms with E-state index >= 15 is 0 Å². The van der Waals surface area contributed by atoms with Crippen LogP contribution in [0, 0.1) is 0 Å². The number of halogens is 2. The molecule has 1 heterocycles. The van der Waals surface area contributed by atoms with Gasteiger partial charge in [0.15, 0.2) is 11.8 Å². The van der Waals surface area contributed by atoms with Crippen molar-refractivity contribution in [2.24, 2.45) is 12.0 Å². The van der Waals surface area contributed by atoms with E-state index in [0.29, 0.717) is 34.7 Å². The van der Waals surface area contributed by atoms with Crippen molar-refractivity contribution in [1.82, 2.24) is 25.4 Å². The van der Waals surface area contributed by atoms with Crippen LogP contribution in [0.1, 0.15) is 24.4 Å². The van der Waals surface area contributed by atoms with Gasteiger partial charge in [0.1, 0.15) is 12.9 Å². The lowest BCUT2D eigenvalue weighted by molar-refractivity contribution is 0.181. The molecule has 7 nitrogen and oxygen atoms in total. The van der Waals surface area contributed by atoms with Crippen LogP contribution < -0.4 is 10.6 Å². The third kappa shape index (κ3) is 5.36. The van der Waals surface area contributed by atoms with E-state index in [-0.39, 0.29) is 6.54 Å². The lowest BCUT2D eigenvalue weighted by Crippen LogP contribution is -2.39. The van der Waals surface area contributed by atoms with Crippen molar-refractivity contribution >= 4 is 29.2 Å². The van der Waals surface area contributed by atoms with Gasteiger partial charge in [-0.05, 0) is 30.7 Å². The number of benzene rings is 1. The van der Waals surface area contributed by atoms with Gasteiger partial charge in [0, 0.05) is 30.2 Å². The number of aliphatic hydroxyl groups excluding tert-OH is 1. The number of aliphatic imine (C=N–C) groups is 1. The molecule has 0 aliphatic heterocycles. The average molecular weight is 371 g/mol. The molecule has 0 fully saturated rings. The molecule has 0 saturated heterocycles. The summed E-state index contributed by atoms with van der Waals surface area (Å²) < 4.78 is 1.80. The van der Waals surface area contributed by atoms with E-state index in [1.165, 1.54) is 0 Å². The van der Waals surface area contributed by atoms with Gasteiger partial charge in [0.2, 0.25) is 0 Å². The van der Waals surface area contributed by atoms with Crippen molar-refractivity contribution in [3.63, 3.8) is 0 Å². The standard InChI is InChI=1S/C15H20Cl2N6O/c1-3-18-15(20-8-14-22-21-9-23(14)2)19-7-13(24)10-4-11(16)6-12(17)5-10/h4-6,9,13,24H,3,7-8H2,1-2H3,(H2,18,19,20). The highest BCUT2D eigenvalue weighted by Crippen LogP contribution is 2.23. The summed E-state index contributed by atoms with van der Waals surface area (Å²) in [7, 11) is 1.86. The number of guanidine groups is 1. The SMILES string of the molecule is CCNC(=NCc1nncn1C)NCC(O)c1cc(Cl)cc(Cl)c1. The van der Waals surface area contributed by atoms with Gasteiger partial charge >= 0.3 is 0 Å². The first-order valence-corrected chi connectivity index (χ1v) is 8.24. The van der Waals surface area contributed by atoms with Crippen molar-refractivity contribution in [3.8, 4) is 0 Å². The van der Waals surface area contributed by atoms with Crippen LogP contribution in [-0.2, 0) is 13.6 Å². The summed E-state index contributed by atoms with van der Waals surface area (Å²) >= 11 is 11.9. The largest absolute Gasteiger partial charge is 0.387 e. The number of rotatable bonds is 6. The summed E-state index contributed by atoms with van der Waals surface area (Å²) in [5.74, 6) is 1.32. The Balaban J connectivity index is 1.98. The number of hydrogen-bond acceptors (Lipinski definition) is 4. The molecule has 0 amide bonds. The van der Waals surface area contributed by atoms with Gasteiger partial charge in [0.25, 0.3) is 0 Å². The second-order valence-corrected chi connectivity index (χ2v) is 6.03. The fourth-order valence-corrected chi connectivity index (χ4v) is 2.56. The van der Waals surface area contributed by atoms with Crippen LogP contribution in [0.5, 0.6) is 0 Å². The molecule has 0 spiro atoms. The molecule has 1 aromatic carbocycles. The monoisotopic (exact) mass is 370 g/mol. The number of aliphatic hydroxyl groups is 1. The zero-order valence-corrected chi connectivity index (χ0v) is 15.0. The molecule has 1 aromatic heterocycles. The van der Waals surface area contributed by atoms with Gasteiger partial charge in [-0.1, -0.05) is 23.2 Å². The first-order valence-electron chi connectivity index (χ1n) is 7.48. The maximum absolute atomic E-state index is 10.3. The summed E-state index contributed by atoms with van der Waals surface area (Å²) in [4.78, 5) is 4.43. The van der Waals surface area contributed by atoms with Gasteiger partial charge < -0.3 is 20.3 Å². The topological polar surface area (TPSA) is 87.4 Å². The summed E-state index contributed by atoms with van der Waals surface area (Å²) in [6, 6.07) is 4.99. The van der Waals surface area contributed by atoms with Gasteiger partial charge in [0.05, 0.1) is 6.10 Å². The summed E-state index contributed by atoms with van der Waals surface area (Å²) in [6.45, 7) is 3.31. The van der Waals surface area contributed by atoms with Crippen molar-refractivity contribution in [2.45, 2.75) is 19.6 Å². The van der Waals surface area contributed by atoms with E-state index in [9.17, 15) is 5.11 Å². The molecule has 9 heteroatoms. The van der Waals surface area contributed by atoms with Crippen molar-refractivity contribution in [2.75, 3.05) is 13.1 Å². The van der Waals surface area contributed by atoms with Gasteiger partial charge in [-0.2, -0.15) is 0 Å². The van der Waals surface area contributed by atoms with Crippen molar-refractivity contribution in [1.29, 1.82) is 0 Å². The molecule has 0 aliphatic rings. The van der Waals surface area contributed by atoms with Gasteiger partial charge in [-0.15, -0.1) is 10.2 Å². The van der Waals surface area contributed by atoms with Crippen LogP contribution >= 0.6 is 23.2 Å². The molecule has 0 radical (unpaired) electrons. The molecule has 0 aliphatic carbocycles. The summed E-state index contributed by atoms with van der Waals surface area (Å²) in [5, 5.41) is 25.3. The molecule has 3 N–H and O–H groups in total. The third-order valence-electron chi connectivity index (χ3n) is 3.26. The second kappa shape index (κ2) is 8.86. The van der Waals surface area contributed by atoms with Gasteiger partial charge in [-0.25, -0.2) is 4.99 Å². The molecule has 0 bridgehead atoms. The molecule has 0 saturated carbocycles. The van der Waals surface area contributed by atoms with E-state index in [2.05, 4.69) is 25.8 Å². The molecular weight excluding hydrogens is 351 g/mol. The molecule has 2 aromatic rings. The Hall–Kier alpha value is -1.83. The number of nitrogens with one attached hydrogen (secondary N) is 2. The van der Waals surface area contributed by atoms with E-state index in [0.717, 1.165) is 5.82 Å². The summed E-state index contributed by atoms with van der Waals surface area (Å²) in [5.41, 5.74) is 0.643. The first kappa shape index (κ1) is 18.5. The van der Waals surface area contributed by atoms with Crippen molar-refractivity contribution in [3.05, 3.63) is 46.0 Å². The Morgan fingerprint density at radius 2 is 2.00 bits per heavy atom. The number of aryl methyl sites for hydroxylation is 1. The molecule has 24 heavy (non-hydrogen) atoms. The molecule has 130 valence electrons. The lowest BCUT2D eigenvalue weighted by atomic mass is 10.1.